The van der Waals surface area contributed by atoms with Gasteiger partial charge >= 0.3 is 12.1 Å². The molecular weight excluding hydrogens is 270 g/mol. The third kappa shape index (κ3) is 15.0. The first kappa shape index (κ1) is 19.7. The first-order valence-corrected chi connectivity index (χ1v) is 7.77. The molecule has 0 bridgehead atoms. The van der Waals surface area contributed by atoms with E-state index in [1.54, 1.807) is 0 Å². The number of rotatable bonds is 9. The van der Waals surface area contributed by atoms with Crippen LogP contribution in [-0.2, 0) is 14.3 Å². The van der Waals surface area contributed by atoms with Gasteiger partial charge in [-0.1, -0.05) is 41.0 Å². The highest BCUT2D eigenvalue weighted by molar-refractivity contribution is 5.69. The van der Waals surface area contributed by atoms with E-state index in [9.17, 15) is 9.59 Å². The van der Waals surface area contributed by atoms with Gasteiger partial charge in [0, 0.05) is 13.0 Å². The molecule has 0 unspecified atom stereocenters. The molecule has 0 rings (SSSR count). The third-order valence-electron chi connectivity index (χ3n) is 2.54. The van der Waals surface area contributed by atoms with E-state index < -0.39 is 0 Å². The van der Waals surface area contributed by atoms with Gasteiger partial charge in [-0.3, -0.25) is 4.79 Å². The van der Waals surface area contributed by atoms with Crippen LogP contribution in [0.2, 0.25) is 0 Å². The predicted octanol–water partition coefficient (Wildman–Crippen LogP) is 3.52. The lowest BCUT2D eigenvalue weighted by Crippen LogP contribution is -2.28. The molecule has 0 spiro atoms. The Bertz CT molecular complexity index is 308. The van der Waals surface area contributed by atoms with Crippen LogP contribution in [0.5, 0.6) is 0 Å². The second kappa shape index (κ2) is 10.5. The number of hydrogen-bond acceptors (Lipinski definition) is 4. The molecule has 0 heterocycles. The molecule has 0 radical (unpaired) electrons. The van der Waals surface area contributed by atoms with Gasteiger partial charge in [0.25, 0.3) is 0 Å². The van der Waals surface area contributed by atoms with Crippen LogP contribution in [0.25, 0.3) is 0 Å². The van der Waals surface area contributed by atoms with Gasteiger partial charge in [-0.15, -0.1) is 0 Å². The van der Waals surface area contributed by atoms with Crippen LogP contribution in [-0.4, -0.2) is 31.8 Å². The Kier molecular flexibility index (Phi) is 9.84. The van der Waals surface area contributed by atoms with Crippen molar-refractivity contribution in [2.75, 3.05) is 19.8 Å². The maximum Gasteiger partial charge on any atom is 0.407 e. The van der Waals surface area contributed by atoms with Crippen molar-refractivity contribution in [3.63, 3.8) is 0 Å². The number of carbonyl (C=O) groups is 2. The number of ether oxygens (including phenoxy) is 2. The zero-order valence-electron chi connectivity index (χ0n) is 14.2. The minimum Gasteiger partial charge on any atom is -0.465 e. The number of nitrogens with one attached hydrogen (secondary N) is 1. The van der Waals surface area contributed by atoms with Gasteiger partial charge in [0.05, 0.1) is 13.2 Å². The van der Waals surface area contributed by atoms with Crippen molar-refractivity contribution in [3.05, 3.63) is 0 Å². The van der Waals surface area contributed by atoms with Crippen molar-refractivity contribution >= 4 is 12.1 Å². The Balaban J connectivity index is 3.43. The topological polar surface area (TPSA) is 64.6 Å². The quantitative estimate of drug-likeness (QED) is 0.523. The second-order valence-corrected chi connectivity index (χ2v) is 6.95. The fourth-order valence-corrected chi connectivity index (χ4v) is 1.43. The largest absolute Gasteiger partial charge is 0.465 e. The Morgan fingerprint density at radius 2 is 1.71 bits per heavy atom. The molecule has 0 aromatic carbocycles. The monoisotopic (exact) mass is 301 g/mol. The lowest BCUT2D eigenvalue weighted by atomic mass is 9.99. The first-order valence-electron chi connectivity index (χ1n) is 7.77. The molecule has 0 fully saturated rings. The summed E-state index contributed by atoms with van der Waals surface area (Å²) in [4.78, 5) is 22.7. The molecule has 124 valence electrons. The number of amides is 1. The highest BCUT2D eigenvalue weighted by Crippen LogP contribution is 2.12. The van der Waals surface area contributed by atoms with Crippen LogP contribution in [0.3, 0.4) is 0 Å². The van der Waals surface area contributed by atoms with Crippen LogP contribution in [0.1, 0.15) is 60.3 Å². The van der Waals surface area contributed by atoms with Gasteiger partial charge in [0.15, 0.2) is 0 Å². The van der Waals surface area contributed by atoms with Crippen molar-refractivity contribution in [2.45, 2.75) is 60.3 Å². The minimum absolute atomic E-state index is 0.0202. The van der Waals surface area contributed by atoms with Crippen molar-refractivity contribution in [1.82, 2.24) is 5.32 Å². The average Bonchev–Trinajstić information content (AvgIpc) is 2.37. The van der Waals surface area contributed by atoms with E-state index in [0.717, 1.165) is 19.3 Å². The maximum absolute atomic E-state index is 11.4. The van der Waals surface area contributed by atoms with Gasteiger partial charge < -0.3 is 14.8 Å². The van der Waals surface area contributed by atoms with E-state index in [4.69, 9.17) is 9.47 Å². The maximum atomic E-state index is 11.4. The number of alkyl carbamates (subject to hydrolysis) is 1. The van der Waals surface area contributed by atoms with E-state index in [1.807, 2.05) is 34.6 Å². The van der Waals surface area contributed by atoms with E-state index in [-0.39, 0.29) is 17.5 Å². The summed E-state index contributed by atoms with van der Waals surface area (Å²) in [6.07, 6.45) is 2.58. The summed E-state index contributed by atoms with van der Waals surface area (Å²) in [6, 6.07) is 0. The number of carbonyl (C=O) groups excluding carboxylic acids is 2. The summed E-state index contributed by atoms with van der Waals surface area (Å²) >= 11 is 0. The SMILES string of the molecule is CC(C)COC(=O)CCCCCNC(=O)OCC(C)(C)C. The van der Waals surface area contributed by atoms with E-state index in [0.29, 0.717) is 32.1 Å². The van der Waals surface area contributed by atoms with Crippen LogP contribution >= 0.6 is 0 Å². The fourth-order valence-electron chi connectivity index (χ4n) is 1.43. The zero-order valence-corrected chi connectivity index (χ0v) is 14.2. The summed E-state index contributed by atoms with van der Waals surface area (Å²) in [6.45, 7) is 11.5. The van der Waals surface area contributed by atoms with Crippen molar-refractivity contribution < 1.29 is 19.1 Å². The number of esters is 1. The lowest BCUT2D eigenvalue weighted by molar-refractivity contribution is -0.144. The van der Waals surface area contributed by atoms with E-state index >= 15 is 0 Å². The number of unbranched alkanes of at least 4 members (excludes halogenated alkanes) is 2. The predicted molar refractivity (Wildman–Crippen MR) is 83.1 cm³/mol. The molecular formula is C16H31NO4. The van der Waals surface area contributed by atoms with E-state index in [1.165, 1.54) is 0 Å². The summed E-state index contributed by atoms with van der Waals surface area (Å²) in [7, 11) is 0. The zero-order chi connectivity index (χ0) is 16.3. The summed E-state index contributed by atoms with van der Waals surface area (Å²) in [5.41, 5.74) is -0.0202. The Labute approximate surface area is 128 Å². The van der Waals surface area contributed by atoms with E-state index in [2.05, 4.69) is 5.32 Å². The van der Waals surface area contributed by atoms with Crippen molar-refractivity contribution in [3.8, 4) is 0 Å². The van der Waals surface area contributed by atoms with Crippen LogP contribution in [0, 0.1) is 11.3 Å². The molecule has 0 saturated carbocycles. The molecule has 5 nitrogen and oxygen atoms in total. The summed E-state index contributed by atoms with van der Waals surface area (Å²) < 4.78 is 10.2. The Hall–Kier alpha value is -1.26. The fraction of sp³-hybridized carbons (Fsp3) is 0.875. The van der Waals surface area contributed by atoms with Gasteiger partial charge in [-0.2, -0.15) is 0 Å². The molecule has 1 N–H and O–H groups in total. The van der Waals surface area contributed by atoms with Gasteiger partial charge in [-0.05, 0) is 24.2 Å². The standard InChI is InChI=1S/C16H31NO4/c1-13(2)11-20-14(18)9-7-6-8-10-17-15(19)21-12-16(3,4)5/h13H,6-12H2,1-5H3,(H,17,19). The smallest absolute Gasteiger partial charge is 0.407 e. The van der Waals surface area contributed by atoms with Crippen LogP contribution < -0.4 is 5.32 Å². The highest BCUT2D eigenvalue weighted by atomic mass is 16.5. The number of hydrogen-bond donors (Lipinski definition) is 1. The van der Waals surface area contributed by atoms with Crippen LogP contribution in [0.15, 0.2) is 0 Å². The molecule has 0 atom stereocenters. The molecule has 0 aliphatic heterocycles. The molecule has 21 heavy (non-hydrogen) atoms. The normalized spacial score (nSPS) is 11.3. The molecule has 0 aliphatic rings. The molecule has 5 heteroatoms. The Morgan fingerprint density at radius 1 is 1.05 bits per heavy atom. The van der Waals surface area contributed by atoms with Crippen molar-refractivity contribution in [1.29, 1.82) is 0 Å². The second-order valence-electron chi connectivity index (χ2n) is 6.95. The van der Waals surface area contributed by atoms with Gasteiger partial charge in [-0.25, -0.2) is 4.79 Å². The minimum atomic E-state index is -0.374. The summed E-state index contributed by atoms with van der Waals surface area (Å²) in [5.74, 6) is 0.235. The van der Waals surface area contributed by atoms with Gasteiger partial charge in [0.2, 0.25) is 0 Å². The van der Waals surface area contributed by atoms with Crippen LogP contribution in [0.4, 0.5) is 4.79 Å². The average molecular weight is 301 g/mol. The van der Waals surface area contributed by atoms with Crippen molar-refractivity contribution in [2.24, 2.45) is 11.3 Å². The van der Waals surface area contributed by atoms with Gasteiger partial charge in [0.1, 0.15) is 0 Å². The highest BCUT2D eigenvalue weighted by Gasteiger charge is 2.13. The molecule has 1 amide bonds. The first-order chi connectivity index (χ1) is 9.70. The molecule has 0 saturated heterocycles. The third-order valence-corrected chi connectivity index (χ3v) is 2.54. The molecule has 0 aliphatic carbocycles. The Morgan fingerprint density at radius 3 is 2.29 bits per heavy atom. The summed E-state index contributed by atoms with van der Waals surface area (Å²) in [5, 5.41) is 2.71. The molecule has 0 aromatic rings. The molecule has 0 aromatic heterocycles. The lowest BCUT2D eigenvalue weighted by Gasteiger charge is -2.17.